The zero-order valence-corrected chi connectivity index (χ0v) is 12.6. The molecule has 1 aliphatic rings. The zero-order valence-electron chi connectivity index (χ0n) is 12.6. The number of anilines is 1. The zero-order chi connectivity index (χ0) is 14.1. The average molecular weight is 269 g/mol. The van der Waals surface area contributed by atoms with Crippen molar-refractivity contribution in [3.05, 3.63) is 35.5 Å². The third-order valence-electron chi connectivity index (χ3n) is 4.06. The van der Waals surface area contributed by atoms with Gasteiger partial charge in [-0.15, -0.1) is 0 Å². The van der Waals surface area contributed by atoms with Crippen molar-refractivity contribution in [3.8, 4) is 0 Å². The van der Waals surface area contributed by atoms with Crippen molar-refractivity contribution in [2.24, 2.45) is 0 Å². The second-order valence-electron chi connectivity index (χ2n) is 5.95. The first-order valence-corrected chi connectivity index (χ1v) is 7.52. The summed E-state index contributed by atoms with van der Waals surface area (Å²) in [6.07, 6.45) is 0. The highest BCUT2D eigenvalue weighted by atomic mass is 15.2. The van der Waals surface area contributed by atoms with Gasteiger partial charge in [0.2, 0.25) is 0 Å². The molecule has 3 nitrogen and oxygen atoms in total. The van der Waals surface area contributed by atoms with Crippen LogP contribution in [0.25, 0.3) is 10.9 Å². The van der Waals surface area contributed by atoms with E-state index in [4.69, 9.17) is 0 Å². The number of benzene rings is 1. The first kappa shape index (κ1) is 13.4. The monoisotopic (exact) mass is 269 g/mol. The Bertz CT molecular complexity index is 613. The largest absolute Gasteiger partial charge is 0.368 e. The third-order valence-corrected chi connectivity index (χ3v) is 4.06. The van der Waals surface area contributed by atoms with E-state index in [1.54, 1.807) is 0 Å². The molecule has 0 atom stereocenters. The summed E-state index contributed by atoms with van der Waals surface area (Å²) in [5.41, 5.74) is 4.95. The van der Waals surface area contributed by atoms with E-state index in [2.05, 4.69) is 60.2 Å². The van der Waals surface area contributed by atoms with E-state index < -0.39 is 0 Å². The minimum absolute atomic E-state index is 0.552. The lowest BCUT2D eigenvalue weighted by molar-refractivity contribution is 0.590. The maximum Gasteiger partial charge on any atom is 0.0726 e. The number of nitrogens with one attached hydrogen (secondary N) is 1. The quantitative estimate of drug-likeness (QED) is 0.908. The summed E-state index contributed by atoms with van der Waals surface area (Å²) < 4.78 is 0. The highest BCUT2D eigenvalue weighted by molar-refractivity contribution is 5.92. The van der Waals surface area contributed by atoms with Crippen molar-refractivity contribution in [2.45, 2.75) is 26.7 Å². The van der Waals surface area contributed by atoms with Gasteiger partial charge in [0.1, 0.15) is 0 Å². The molecule has 0 radical (unpaired) electrons. The Kier molecular flexibility index (Phi) is 3.62. The van der Waals surface area contributed by atoms with Crippen LogP contribution in [0.2, 0.25) is 0 Å². The van der Waals surface area contributed by atoms with E-state index in [0.717, 1.165) is 37.4 Å². The van der Waals surface area contributed by atoms with Crippen molar-refractivity contribution >= 4 is 16.6 Å². The molecule has 106 valence electrons. The number of hydrogen-bond acceptors (Lipinski definition) is 3. The van der Waals surface area contributed by atoms with E-state index in [1.807, 2.05) is 0 Å². The fourth-order valence-corrected chi connectivity index (χ4v) is 2.88. The fraction of sp³-hybridized carbons (Fsp3) is 0.471. The molecule has 3 heteroatoms. The molecule has 0 bridgehead atoms. The van der Waals surface area contributed by atoms with Crippen LogP contribution in [-0.4, -0.2) is 31.2 Å². The average Bonchev–Trinajstić information content (AvgIpc) is 2.46. The first-order chi connectivity index (χ1) is 9.65. The highest BCUT2D eigenvalue weighted by Crippen LogP contribution is 2.29. The normalized spacial score (nSPS) is 16.1. The molecule has 0 unspecified atom stereocenters. The topological polar surface area (TPSA) is 28.2 Å². The standard InChI is InChI=1S/C17H23N3/c1-12(2)14-4-5-16-15(11-14)17(10-13(3)19-16)20-8-6-18-7-9-20/h4-5,10-12,18H,6-9H2,1-3H3. The summed E-state index contributed by atoms with van der Waals surface area (Å²) in [5.74, 6) is 0.552. The summed E-state index contributed by atoms with van der Waals surface area (Å²) in [7, 11) is 0. The number of pyridine rings is 1. The molecule has 3 rings (SSSR count). The molecular weight excluding hydrogens is 246 g/mol. The van der Waals surface area contributed by atoms with Gasteiger partial charge < -0.3 is 10.2 Å². The van der Waals surface area contributed by atoms with Gasteiger partial charge in [0.05, 0.1) is 5.52 Å². The van der Waals surface area contributed by atoms with Crippen LogP contribution in [0.3, 0.4) is 0 Å². The highest BCUT2D eigenvalue weighted by Gasteiger charge is 2.15. The van der Waals surface area contributed by atoms with Crippen LogP contribution < -0.4 is 10.2 Å². The molecule has 0 aliphatic carbocycles. The van der Waals surface area contributed by atoms with Crippen molar-refractivity contribution in [1.82, 2.24) is 10.3 Å². The molecule has 1 aliphatic heterocycles. The summed E-state index contributed by atoms with van der Waals surface area (Å²) in [6.45, 7) is 10.8. The Morgan fingerprint density at radius 3 is 2.60 bits per heavy atom. The minimum atomic E-state index is 0.552. The fourth-order valence-electron chi connectivity index (χ4n) is 2.88. The van der Waals surface area contributed by atoms with E-state index in [0.29, 0.717) is 5.92 Å². The van der Waals surface area contributed by atoms with Crippen molar-refractivity contribution in [2.75, 3.05) is 31.1 Å². The number of hydrogen-bond donors (Lipinski definition) is 1. The van der Waals surface area contributed by atoms with Gasteiger partial charge in [-0.3, -0.25) is 4.98 Å². The Hall–Kier alpha value is -1.61. The van der Waals surface area contributed by atoms with Crippen LogP contribution in [0, 0.1) is 6.92 Å². The van der Waals surface area contributed by atoms with Gasteiger partial charge in [0.25, 0.3) is 0 Å². The van der Waals surface area contributed by atoms with Crippen molar-refractivity contribution in [1.29, 1.82) is 0 Å². The van der Waals surface area contributed by atoms with Crippen LogP contribution in [0.1, 0.15) is 31.0 Å². The lowest BCUT2D eigenvalue weighted by Gasteiger charge is -2.30. The van der Waals surface area contributed by atoms with Crippen LogP contribution in [0.15, 0.2) is 24.3 Å². The maximum atomic E-state index is 4.69. The SMILES string of the molecule is Cc1cc(N2CCNCC2)c2cc(C(C)C)ccc2n1. The Balaban J connectivity index is 2.14. The van der Waals surface area contributed by atoms with Crippen LogP contribution in [0.4, 0.5) is 5.69 Å². The third kappa shape index (κ3) is 2.50. The number of aryl methyl sites for hydroxylation is 1. The predicted octanol–water partition coefficient (Wildman–Crippen LogP) is 3.08. The first-order valence-electron chi connectivity index (χ1n) is 7.52. The lowest BCUT2D eigenvalue weighted by atomic mass is 10.00. The van der Waals surface area contributed by atoms with Gasteiger partial charge in [-0.25, -0.2) is 0 Å². The van der Waals surface area contributed by atoms with Gasteiger partial charge >= 0.3 is 0 Å². The maximum absolute atomic E-state index is 4.69. The minimum Gasteiger partial charge on any atom is -0.368 e. The van der Waals surface area contributed by atoms with Crippen molar-refractivity contribution in [3.63, 3.8) is 0 Å². The Morgan fingerprint density at radius 1 is 1.15 bits per heavy atom. The second kappa shape index (κ2) is 5.41. The molecule has 1 fully saturated rings. The van der Waals surface area contributed by atoms with E-state index in [1.165, 1.54) is 16.6 Å². The number of piperazine rings is 1. The number of aromatic nitrogens is 1. The van der Waals surface area contributed by atoms with Gasteiger partial charge in [0, 0.05) is 42.9 Å². The van der Waals surface area contributed by atoms with E-state index in [-0.39, 0.29) is 0 Å². The van der Waals surface area contributed by atoms with Crippen LogP contribution in [-0.2, 0) is 0 Å². The summed E-state index contributed by atoms with van der Waals surface area (Å²) >= 11 is 0. The molecule has 1 saturated heterocycles. The molecular formula is C17H23N3. The van der Waals surface area contributed by atoms with Crippen LogP contribution in [0.5, 0.6) is 0 Å². The van der Waals surface area contributed by atoms with Gasteiger partial charge in [-0.2, -0.15) is 0 Å². The Morgan fingerprint density at radius 2 is 1.90 bits per heavy atom. The number of rotatable bonds is 2. The smallest absolute Gasteiger partial charge is 0.0726 e. The molecule has 1 N–H and O–H groups in total. The molecule has 20 heavy (non-hydrogen) atoms. The number of nitrogens with zero attached hydrogens (tertiary/aromatic N) is 2. The molecule has 0 spiro atoms. The molecule has 2 aromatic rings. The van der Waals surface area contributed by atoms with Crippen LogP contribution >= 0.6 is 0 Å². The van der Waals surface area contributed by atoms with Gasteiger partial charge in [-0.1, -0.05) is 19.9 Å². The molecule has 2 heterocycles. The predicted molar refractivity (Wildman–Crippen MR) is 85.7 cm³/mol. The molecule has 1 aromatic heterocycles. The molecule has 0 saturated carbocycles. The van der Waals surface area contributed by atoms with Gasteiger partial charge in [-0.05, 0) is 36.6 Å². The van der Waals surface area contributed by atoms with Gasteiger partial charge in [0.15, 0.2) is 0 Å². The molecule has 1 aromatic carbocycles. The van der Waals surface area contributed by atoms with E-state index >= 15 is 0 Å². The lowest BCUT2D eigenvalue weighted by Crippen LogP contribution is -2.43. The summed E-state index contributed by atoms with van der Waals surface area (Å²) in [5, 5.41) is 4.71. The summed E-state index contributed by atoms with van der Waals surface area (Å²) in [4.78, 5) is 7.17. The van der Waals surface area contributed by atoms with Crippen molar-refractivity contribution < 1.29 is 0 Å². The Labute approximate surface area is 121 Å². The van der Waals surface area contributed by atoms with E-state index in [9.17, 15) is 0 Å². The number of fused-ring (bicyclic) bond motifs is 1. The summed E-state index contributed by atoms with van der Waals surface area (Å²) in [6, 6.07) is 8.94. The second-order valence-corrected chi connectivity index (χ2v) is 5.95. The molecule has 0 amide bonds.